The molecule has 9 nitrogen and oxygen atoms in total. The van der Waals surface area contributed by atoms with Crippen molar-refractivity contribution in [2.75, 3.05) is 18.5 Å². The highest BCUT2D eigenvalue weighted by atomic mass is 16.5. The van der Waals surface area contributed by atoms with Crippen LogP contribution < -0.4 is 21.5 Å². The maximum absolute atomic E-state index is 11.6. The van der Waals surface area contributed by atoms with Gasteiger partial charge in [0.1, 0.15) is 18.0 Å². The predicted molar refractivity (Wildman–Crippen MR) is 146 cm³/mol. The zero-order valence-corrected chi connectivity index (χ0v) is 22.0. The molecule has 0 saturated heterocycles. The number of aromatic nitrogens is 2. The van der Waals surface area contributed by atoms with Crippen LogP contribution in [-0.4, -0.2) is 38.8 Å². The van der Waals surface area contributed by atoms with Gasteiger partial charge in [-0.25, -0.2) is 14.6 Å². The van der Waals surface area contributed by atoms with Crippen LogP contribution in [-0.2, 0) is 13.1 Å². The molecule has 200 valence electrons. The highest BCUT2D eigenvalue weighted by molar-refractivity contribution is 5.75. The van der Waals surface area contributed by atoms with E-state index in [-0.39, 0.29) is 19.8 Å². The lowest BCUT2D eigenvalue weighted by Crippen LogP contribution is -2.36. The largest absolute Gasteiger partial charge is 0.490 e. The molecular formula is C29H33N3O6. The van der Waals surface area contributed by atoms with Crippen molar-refractivity contribution in [1.82, 2.24) is 9.72 Å². The van der Waals surface area contributed by atoms with E-state index in [0.717, 1.165) is 43.8 Å². The van der Waals surface area contributed by atoms with Gasteiger partial charge in [-0.3, -0.25) is 0 Å². The Morgan fingerprint density at radius 2 is 1.74 bits per heavy atom. The molecular weight excluding hydrogens is 486 g/mol. The number of hydrogen-bond acceptors (Lipinski definition) is 7. The van der Waals surface area contributed by atoms with Gasteiger partial charge in [0.25, 0.3) is 0 Å². The molecule has 0 radical (unpaired) electrons. The standard InChI is InChI=1S/C29H33N3O6/c1-18-12-24(37-17-29(4,36)16-33)13-19(2)26(18)25-7-5-6-22(20(25)3)14-30-23-10-8-21(9-11-23)15-32-27(34)31-28(35)38-32/h5-13,30,33,36H,14-17H2,1-4H3,(H,31,34,35). The first-order valence-electron chi connectivity index (χ1n) is 12.4. The molecule has 0 aliphatic carbocycles. The quantitative estimate of drug-likeness (QED) is 0.252. The third kappa shape index (κ3) is 6.24. The molecule has 0 spiro atoms. The summed E-state index contributed by atoms with van der Waals surface area (Å²) in [6, 6.07) is 17.8. The number of rotatable bonds is 10. The first-order chi connectivity index (χ1) is 18.1. The molecule has 1 atom stereocenters. The maximum atomic E-state index is 11.6. The number of ether oxygens (including phenoxy) is 1. The van der Waals surface area contributed by atoms with E-state index in [4.69, 9.17) is 9.26 Å². The van der Waals surface area contributed by atoms with Gasteiger partial charge in [0, 0.05) is 12.2 Å². The van der Waals surface area contributed by atoms with E-state index in [9.17, 15) is 19.8 Å². The number of anilines is 1. The van der Waals surface area contributed by atoms with Crippen molar-refractivity contribution < 1.29 is 19.5 Å². The lowest BCUT2D eigenvalue weighted by molar-refractivity contribution is -0.0325. The van der Waals surface area contributed by atoms with Gasteiger partial charge in [0.2, 0.25) is 0 Å². The van der Waals surface area contributed by atoms with Gasteiger partial charge < -0.3 is 24.8 Å². The van der Waals surface area contributed by atoms with Crippen molar-refractivity contribution in [3.05, 3.63) is 103 Å². The number of H-pyrrole nitrogens is 1. The summed E-state index contributed by atoms with van der Waals surface area (Å²) in [7, 11) is 0. The molecule has 4 rings (SSSR count). The predicted octanol–water partition coefficient (Wildman–Crippen LogP) is 3.50. The number of hydrogen-bond donors (Lipinski definition) is 4. The smallest absolute Gasteiger partial charge is 0.440 e. The zero-order chi connectivity index (χ0) is 27.4. The number of aliphatic hydroxyl groups excluding tert-OH is 1. The summed E-state index contributed by atoms with van der Waals surface area (Å²) in [5.74, 6) is -0.118. The van der Waals surface area contributed by atoms with Crippen molar-refractivity contribution in [2.24, 2.45) is 0 Å². The Morgan fingerprint density at radius 3 is 2.34 bits per heavy atom. The molecule has 0 aliphatic heterocycles. The molecule has 1 heterocycles. The van der Waals surface area contributed by atoms with Gasteiger partial charge in [-0.05, 0) is 90.9 Å². The van der Waals surface area contributed by atoms with Gasteiger partial charge in [-0.2, -0.15) is 0 Å². The highest BCUT2D eigenvalue weighted by Crippen LogP contribution is 2.34. The SMILES string of the molecule is Cc1cc(OCC(C)(O)CO)cc(C)c1-c1cccc(CNc2ccc(Cn3oc(=O)[nH]c3=O)cc2)c1C. The molecule has 4 N–H and O–H groups in total. The van der Waals surface area contributed by atoms with Crippen LogP contribution in [0, 0.1) is 20.8 Å². The number of nitrogens with one attached hydrogen (secondary N) is 2. The second-order valence-electron chi connectivity index (χ2n) is 9.86. The Hall–Kier alpha value is -4.08. The van der Waals surface area contributed by atoms with Crippen LogP contribution in [0.25, 0.3) is 11.1 Å². The summed E-state index contributed by atoms with van der Waals surface area (Å²) in [6.45, 7) is 8.15. The first kappa shape index (κ1) is 27.0. The molecule has 1 aromatic heterocycles. The molecule has 0 saturated carbocycles. The van der Waals surface area contributed by atoms with Crippen LogP contribution in [0.5, 0.6) is 5.75 Å². The van der Waals surface area contributed by atoms with E-state index in [1.165, 1.54) is 12.5 Å². The number of benzene rings is 3. The third-order valence-corrected chi connectivity index (χ3v) is 6.50. The summed E-state index contributed by atoms with van der Waals surface area (Å²) in [5, 5.41) is 22.7. The fourth-order valence-electron chi connectivity index (χ4n) is 4.37. The second-order valence-corrected chi connectivity index (χ2v) is 9.86. The molecule has 38 heavy (non-hydrogen) atoms. The van der Waals surface area contributed by atoms with Gasteiger partial charge in [0.15, 0.2) is 0 Å². The van der Waals surface area contributed by atoms with Gasteiger partial charge in [-0.1, -0.05) is 30.3 Å². The molecule has 9 heteroatoms. The summed E-state index contributed by atoms with van der Waals surface area (Å²) in [6.07, 6.45) is 0. The lowest BCUT2D eigenvalue weighted by Gasteiger charge is -2.22. The van der Waals surface area contributed by atoms with Crippen molar-refractivity contribution >= 4 is 5.69 Å². The Kier molecular flexibility index (Phi) is 7.89. The van der Waals surface area contributed by atoms with Crippen molar-refractivity contribution in [3.63, 3.8) is 0 Å². The molecule has 0 fully saturated rings. The Balaban J connectivity index is 1.47. The average Bonchev–Trinajstić information content (AvgIpc) is 3.19. The highest BCUT2D eigenvalue weighted by Gasteiger charge is 2.20. The summed E-state index contributed by atoms with van der Waals surface area (Å²) in [5.41, 5.74) is 6.61. The number of aromatic amines is 1. The first-order valence-corrected chi connectivity index (χ1v) is 12.4. The topological polar surface area (TPSA) is 130 Å². The zero-order valence-electron chi connectivity index (χ0n) is 22.0. The average molecular weight is 520 g/mol. The van der Waals surface area contributed by atoms with Gasteiger partial charge >= 0.3 is 11.4 Å². The maximum Gasteiger partial charge on any atom is 0.440 e. The third-order valence-electron chi connectivity index (χ3n) is 6.50. The summed E-state index contributed by atoms with van der Waals surface area (Å²) >= 11 is 0. The van der Waals surface area contributed by atoms with Crippen molar-refractivity contribution in [3.8, 4) is 16.9 Å². The van der Waals surface area contributed by atoms with E-state index < -0.39 is 17.0 Å². The van der Waals surface area contributed by atoms with E-state index >= 15 is 0 Å². The van der Waals surface area contributed by atoms with E-state index in [0.29, 0.717) is 12.3 Å². The van der Waals surface area contributed by atoms with E-state index in [1.807, 2.05) is 56.3 Å². The van der Waals surface area contributed by atoms with E-state index in [1.54, 1.807) is 0 Å². The van der Waals surface area contributed by atoms with Gasteiger partial charge in [0.05, 0.1) is 13.2 Å². The van der Waals surface area contributed by atoms with Crippen LogP contribution >= 0.6 is 0 Å². The number of nitrogens with zero attached hydrogens (tertiary/aromatic N) is 1. The molecule has 3 aromatic carbocycles. The molecule has 0 bridgehead atoms. The van der Waals surface area contributed by atoms with Crippen LogP contribution in [0.4, 0.5) is 5.69 Å². The Labute approximate surface area is 220 Å². The molecule has 4 aromatic rings. The molecule has 1 unspecified atom stereocenters. The summed E-state index contributed by atoms with van der Waals surface area (Å²) < 4.78 is 11.6. The molecule has 0 amide bonds. The monoisotopic (exact) mass is 519 g/mol. The fourth-order valence-corrected chi connectivity index (χ4v) is 4.37. The van der Waals surface area contributed by atoms with E-state index in [2.05, 4.69) is 29.4 Å². The Bertz CT molecular complexity index is 1510. The van der Waals surface area contributed by atoms with Gasteiger partial charge in [-0.15, -0.1) is 4.74 Å². The minimum absolute atomic E-state index is 0.00390. The second kappa shape index (κ2) is 11.1. The summed E-state index contributed by atoms with van der Waals surface area (Å²) in [4.78, 5) is 24.9. The van der Waals surface area contributed by atoms with Crippen LogP contribution in [0.2, 0.25) is 0 Å². The minimum Gasteiger partial charge on any atom is -0.490 e. The van der Waals surface area contributed by atoms with Crippen molar-refractivity contribution in [2.45, 2.75) is 46.4 Å². The number of aliphatic hydroxyl groups is 2. The van der Waals surface area contributed by atoms with Crippen LogP contribution in [0.1, 0.15) is 34.7 Å². The van der Waals surface area contributed by atoms with Crippen molar-refractivity contribution in [1.29, 1.82) is 0 Å². The lowest BCUT2D eigenvalue weighted by atomic mass is 9.90. The fraction of sp³-hybridized carbons (Fsp3) is 0.310. The molecule has 0 aliphatic rings. The normalized spacial score (nSPS) is 12.8. The van der Waals surface area contributed by atoms with Crippen LogP contribution in [0.3, 0.4) is 0 Å². The Morgan fingerprint density at radius 1 is 1.05 bits per heavy atom. The number of aryl methyl sites for hydroxylation is 2. The minimum atomic E-state index is -1.29. The van der Waals surface area contributed by atoms with Crippen LogP contribution in [0.15, 0.2) is 68.7 Å².